The zero-order chi connectivity index (χ0) is 21.7. The number of nitrogens with zero attached hydrogens (tertiary/aromatic N) is 1. The fourth-order valence-corrected chi connectivity index (χ4v) is 3.70. The van der Waals surface area contributed by atoms with Gasteiger partial charge in [0.25, 0.3) is 21.6 Å². The molecule has 0 bridgehead atoms. The van der Waals surface area contributed by atoms with Gasteiger partial charge in [-0.05, 0) is 48.0 Å². The van der Waals surface area contributed by atoms with Gasteiger partial charge in [0.15, 0.2) is 0 Å². The quantitative estimate of drug-likeness (QED) is 0.440. The molecule has 0 saturated heterocycles. The minimum atomic E-state index is -4.04. The first kappa shape index (κ1) is 20.9. The molecule has 30 heavy (non-hydrogen) atoms. The van der Waals surface area contributed by atoms with E-state index in [0.717, 1.165) is 6.07 Å². The lowest BCUT2D eigenvalue weighted by molar-refractivity contribution is -0.385. The van der Waals surface area contributed by atoms with Crippen LogP contribution in [0.25, 0.3) is 0 Å². The van der Waals surface area contributed by atoms with Crippen LogP contribution in [0.3, 0.4) is 0 Å². The number of carbonyl (C=O) groups is 1. The molecule has 0 aliphatic carbocycles. The molecule has 3 aromatic rings. The maximum Gasteiger partial charge on any atom is 0.270 e. The molecule has 3 rings (SSSR count). The van der Waals surface area contributed by atoms with E-state index >= 15 is 0 Å². The van der Waals surface area contributed by atoms with Crippen molar-refractivity contribution in [3.63, 3.8) is 0 Å². The number of nitro benzene ring substituents is 1. The van der Waals surface area contributed by atoms with Crippen molar-refractivity contribution < 1.29 is 22.5 Å². The molecule has 0 aliphatic rings. The molecular weight excluding hydrogens is 413 g/mol. The molecule has 0 spiro atoms. The summed E-state index contributed by atoms with van der Waals surface area (Å²) in [6, 6.07) is 16.1. The van der Waals surface area contributed by atoms with Crippen molar-refractivity contribution in [2.24, 2.45) is 0 Å². The number of hydrogen-bond donors (Lipinski definition) is 2. The number of halogens is 1. The Balaban J connectivity index is 1.67. The van der Waals surface area contributed by atoms with Gasteiger partial charge in [0.1, 0.15) is 5.82 Å². The Morgan fingerprint density at radius 1 is 1.00 bits per heavy atom. The Morgan fingerprint density at radius 2 is 1.70 bits per heavy atom. The molecule has 154 valence electrons. The van der Waals surface area contributed by atoms with E-state index in [-0.39, 0.29) is 28.4 Å². The topological polar surface area (TPSA) is 118 Å². The predicted octanol–water partition coefficient (Wildman–Crippen LogP) is 3.46. The summed E-state index contributed by atoms with van der Waals surface area (Å²) in [4.78, 5) is 22.1. The SMILES string of the molecule is O=C(NCc1cccc(F)c1)c1ccc(NS(=O)(=O)c2cccc([N+](=O)[O-])c2)cc1. The Hall–Kier alpha value is -3.79. The second-order valence-corrected chi connectivity index (χ2v) is 7.93. The zero-order valence-electron chi connectivity index (χ0n) is 15.4. The number of sulfonamides is 1. The van der Waals surface area contributed by atoms with Gasteiger partial charge in [0, 0.05) is 29.9 Å². The maximum atomic E-state index is 13.2. The van der Waals surface area contributed by atoms with Gasteiger partial charge in [0.2, 0.25) is 0 Å². The highest BCUT2D eigenvalue weighted by Crippen LogP contribution is 2.20. The Bertz CT molecular complexity index is 1200. The van der Waals surface area contributed by atoms with E-state index in [1.165, 1.54) is 54.6 Å². The van der Waals surface area contributed by atoms with Crippen LogP contribution in [0.2, 0.25) is 0 Å². The summed E-state index contributed by atoms with van der Waals surface area (Å²) in [5.74, 6) is -0.811. The van der Waals surface area contributed by atoms with Gasteiger partial charge in [-0.3, -0.25) is 19.6 Å². The van der Waals surface area contributed by atoms with Crippen molar-refractivity contribution in [3.05, 3.63) is 99.9 Å². The van der Waals surface area contributed by atoms with Crippen LogP contribution in [0, 0.1) is 15.9 Å². The summed E-state index contributed by atoms with van der Waals surface area (Å²) in [6.45, 7) is 0.137. The van der Waals surface area contributed by atoms with Crippen LogP contribution in [0.1, 0.15) is 15.9 Å². The van der Waals surface area contributed by atoms with Crippen molar-refractivity contribution >= 4 is 27.3 Å². The summed E-state index contributed by atoms with van der Waals surface area (Å²) in [5, 5.41) is 13.5. The third-order valence-corrected chi connectivity index (χ3v) is 5.46. The van der Waals surface area contributed by atoms with E-state index in [0.29, 0.717) is 5.56 Å². The molecule has 0 unspecified atom stereocenters. The van der Waals surface area contributed by atoms with Crippen molar-refractivity contribution in [2.75, 3.05) is 4.72 Å². The van der Waals surface area contributed by atoms with E-state index in [9.17, 15) is 27.7 Å². The zero-order valence-corrected chi connectivity index (χ0v) is 16.2. The van der Waals surface area contributed by atoms with E-state index < -0.39 is 26.7 Å². The molecule has 10 heteroatoms. The number of hydrogen-bond acceptors (Lipinski definition) is 5. The summed E-state index contributed by atoms with van der Waals surface area (Å²) in [7, 11) is -4.04. The number of carbonyl (C=O) groups excluding carboxylic acids is 1. The van der Waals surface area contributed by atoms with Gasteiger partial charge in [0.05, 0.1) is 9.82 Å². The lowest BCUT2D eigenvalue weighted by atomic mass is 10.2. The van der Waals surface area contributed by atoms with E-state index in [1.54, 1.807) is 12.1 Å². The number of rotatable bonds is 7. The van der Waals surface area contributed by atoms with Gasteiger partial charge in [-0.15, -0.1) is 0 Å². The highest BCUT2D eigenvalue weighted by Gasteiger charge is 2.18. The third kappa shape index (κ3) is 5.17. The Morgan fingerprint density at radius 3 is 2.37 bits per heavy atom. The molecule has 1 amide bonds. The maximum absolute atomic E-state index is 13.2. The second kappa shape index (κ2) is 8.70. The summed E-state index contributed by atoms with van der Waals surface area (Å²) >= 11 is 0. The Kier molecular flexibility index (Phi) is 6.07. The predicted molar refractivity (Wildman–Crippen MR) is 108 cm³/mol. The van der Waals surface area contributed by atoms with Gasteiger partial charge >= 0.3 is 0 Å². The fraction of sp³-hybridized carbons (Fsp3) is 0.0500. The summed E-state index contributed by atoms with van der Waals surface area (Å²) in [5.41, 5.74) is 0.723. The van der Waals surface area contributed by atoms with Crippen LogP contribution < -0.4 is 10.0 Å². The number of benzene rings is 3. The molecule has 2 N–H and O–H groups in total. The van der Waals surface area contributed by atoms with Gasteiger partial charge in [-0.1, -0.05) is 18.2 Å². The van der Waals surface area contributed by atoms with Crippen LogP contribution in [-0.4, -0.2) is 19.2 Å². The molecule has 0 heterocycles. The van der Waals surface area contributed by atoms with Gasteiger partial charge in [-0.2, -0.15) is 0 Å². The molecule has 0 saturated carbocycles. The van der Waals surface area contributed by atoms with Crippen LogP contribution >= 0.6 is 0 Å². The van der Waals surface area contributed by atoms with E-state index in [1.807, 2.05) is 0 Å². The summed E-state index contributed by atoms with van der Waals surface area (Å²) in [6.07, 6.45) is 0. The number of anilines is 1. The molecule has 0 aromatic heterocycles. The second-order valence-electron chi connectivity index (χ2n) is 6.25. The minimum absolute atomic E-state index is 0.137. The molecule has 0 atom stereocenters. The van der Waals surface area contributed by atoms with Crippen molar-refractivity contribution in [1.29, 1.82) is 0 Å². The lowest BCUT2D eigenvalue weighted by Crippen LogP contribution is -2.22. The highest BCUT2D eigenvalue weighted by molar-refractivity contribution is 7.92. The lowest BCUT2D eigenvalue weighted by Gasteiger charge is -2.09. The van der Waals surface area contributed by atoms with Crippen molar-refractivity contribution in [2.45, 2.75) is 11.4 Å². The molecule has 8 nitrogen and oxygen atoms in total. The van der Waals surface area contributed by atoms with Crippen LogP contribution in [0.15, 0.2) is 77.7 Å². The smallest absolute Gasteiger partial charge is 0.270 e. The first-order valence-corrected chi connectivity index (χ1v) is 10.1. The minimum Gasteiger partial charge on any atom is -0.348 e. The number of nitrogens with one attached hydrogen (secondary N) is 2. The van der Waals surface area contributed by atoms with Crippen molar-refractivity contribution in [1.82, 2.24) is 5.32 Å². The van der Waals surface area contributed by atoms with E-state index in [4.69, 9.17) is 0 Å². The Labute approximate surface area is 171 Å². The number of amides is 1. The molecular formula is C20H16FN3O5S. The van der Waals surface area contributed by atoms with Crippen LogP contribution in [0.5, 0.6) is 0 Å². The van der Waals surface area contributed by atoms with Gasteiger partial charge in [-0.25, -0.2) is 12.8 Å². The van der Waals surface area contributed by atoms with Crippen molar-refractivity contribution in [3.8, 4) is 0 Å². The summed E-state index contributed by atoms with van der Waals surface area (Å²) < 4.78 is 40.4. The molecule has 3 aromatic carbocycles. The molecule has 0 fully saturated rings. The average Bonchev–Trinajstić information content (AvgIpc) is 2.72. The molecule has 0 radical (unpaired) electrons. The average molecular weight is 429 g/mol. The van der Waals surface area contributed by atoms with Gasteiger partial charge < -0.3 is 5.32 Å². The number of nitro groups is 1. The largest absolute Gasteiger partial charge is 0.348 e. The normalized spacial score (nSPS) is 11.0. The first-order valence-electron chi connectivity index (χ1n) is 8.64. The number of non-ortho nitro benzene ring substituents is 1. The molecule has 0 aliphatic heterocycles. The highest BCUT2D eigenvalue weighted by atomic mass is 32.2. The fourth-order valence-electron chi connectivity index (χ4n) is 2.60. The van der Waals surface area contributed by atoms with Crippen LogP contribution in [0.4, 0.5) is 15.8 Å². The standard InChI is InChI=1S/C20H16FN3O5S/c21-16-4-1-3-14(11-16)13-22-20(25)15-7-9-17(10-8-15)23-30(28,29)19-6-2-5-18(12-19)24(26)27/h1-12,23H,13H2,(H,22,25). The first-order chi connectivity index (χ1) is 14.2. The van der Waals surface area contributed by atoms with Crippen LogP contribution in [-0.2, 0) is 16.6 Å². The van der Waals surface area contributed by atoms with E-state index in [2.05, 4.69) is 10.0 Å². The monoisotopic (exact) mass is 429 g/mol. The third-order valence-electron chi connectivity index (χ3n) is 4.08.